The Morgan fingerprint density at radius 3 is 2.00 bits per heavy atom. The van der Waals surface area contributed by atoms with Gasteiger partial charge in [0.05, 0.1) is 4.88 Å². The van der Waals surface area contributed by atoms with Gasteiger partial charge in [0.2, 0.25) is 5.88 Å². The van der Waals surface area contributed by atoms with Crippen molar-refractivity contribution in [2.75, 3.05) is 0 Å². The fourth-order valence-corrected chi connectivity index (χ4v) is 4.18. The Kier molecular flexibility index (Phi) is 4.96. The number of carbonyl (C=O) groups is 1. The van der Waals surface area contributed by atoms with Crippen LogP contribution in [0.25, 0.3) is 0 Å². The van der Waals surface area contributed by atoms with Gasteiger partial charge in [-0.1, -0.05) is 0 Å². The summed E-state index contributed by atoms with van der Waals surface area (Å²) in [7, 11) is 0. The second-order valence-electron chi connectivity index (χ2n) is 5.87. The van der Waals surface area contributed by atoms with E-state index in [0.717, 1.165) is 0 Å². The molecule has 2 rings (SSSR count). The van der Waals surface area contributed by atoms with E-state index in [0.29, 0.717) is 15.3 Å². The second kappa shape index (κ2) is 6.45. The summed E-state index contributed by atoms with van der Waals surface area (Å²) in [6.45, 7) is 10.2. The molecular weight excluding hydrogens is 330 g/mol. The van der Waals surface area contributed by atoms with E-state index in [1.807, 2.05) is 0 Å². The number of rotatable bonds is 4. The molecule has 2 N–H and O–H groups in total. The standard InChI is InChI=1S/C17H21NO3S2/c1-8-9(2)11(4)13(12(5)10(8)3)6-14-16(21)18(7-15(19)20)17(22)23-14/h21H,6-7H2,1-5H3,(H,19,20). The van der Waals surface area contributed by atoms with Crippen molar-refractivity contribution in [3.05, 3.63) is 42.2 Å². The van der Waals surface area contributed by atoms with Crippen molar-refractivity contribution in [3.8, 4) is 5.88 Å². The van der Waals surface area contributed by atoms with Crippen molar-refractivity contribution in [2.24, 2.45) is 0 Å². The maximum atomic E-state index is 10.9. The molecule has 1 aromatic heterocycles. The van der Waals surface area contributed by atoms with Crippen LogP contribution in [0.2, 0.25) is 0 Å². The molecule has 0 unspecified atom stereocenters. The van der Waals surface area contributed by atoms with Gasteiger partial charge in [0.1, 0.15) is 6.54 Å². The zero-order chi connectivity index (χ0) is 17.5. The van der Waals surface area contributed by atoms with Gasteiger partial charge in [-0.2, -0.15) is 0 Å². The molecule has 0 bridgehead atoms. The number of benzene rings is 1. The molecule has 0 radical (unpaired) electrons. The highest BCUT2D eigenvalue weighted by atomic mass is 32.1. The topological polar surface area (TPSA) is 62.5 Å². The number of carboxylic acids is 1. The third kappa shape index (κ3) is 3.19. The SMILES string of the molecule is Cc1c(C)c(C)c(Cc2sc(=S)n(CC(=O)O)c2O)c(C)c1C. The summed E-state index contributed by atoms with van der Waals surface area (Å²) in [6, 6.07) is 0. The summed E-state index contributed by atoms with van der Waals surface area (Å²) < 4.78 is 1.66. The monoisotopic (exact) mass is 351 g/mol. The molecule has 0 saturated carbocycles. The highest BCUT2D eigenvalue weighted by Crippen LogP contribution is 2.33. The zero-order valence-electron chi connectivity index (χ0n) is 14.0. The lowest BCUT2D eigenvalue weighted by Gasteiger charge is -2.18. The van der Waals surface area contributed by atoms with Crippen molar-refractivity contribution in [1.29, 1.82) is 0 Å². The number of aliphatic carboxylic acids is 1. The minimum atomic E-state index is -1.02. The summed E-state index contributed by atoms with van der Waals surface area (Å²) >= 11 is 6.47. The molecule has 0 saturated heterocycles. The average molecular weight is 351 g/mol. The van der Waals surface area contributed by atoms with Crippen molar-refractivity contribution in [2.45, 2.75) is 47.6 Å². The molecule has 0 atom stereocenters. The van der Waals surface area contributed by atoms with Gasteiger partial charge in [-0.15, -0.1) is 11.3 Å². The van der Waals surface area contributed by atoms with Crippen LogP contribution >= 0.6 is 23.6 Å². The van der Waals surface area contributed by atoms with E-state index in [1.165, 1.54) is 49.3 Å². The van der Waals surface area contributed by atoms with Crippen molar-refractivity contribution in [1.82, 2.24) is 4.57 Å². The third-order valence-corrected chi connectivity index (χ3v) is 6.16. The summed E-state index contributed by atoms with van der Waals surface area (Å²) in [5.41, 5.74) is 7.43. The lowest BCUT2D eigenvalue weighted by molar-refractivity contribution is -0.137. The number of nitrogens with zero attached hydrogens (tertiary/aromatic N) is 1. The summed E-state index contributed by atoms with van der Waals surface area (Å²) in [4.78, 5) is 11.6. The Labute approximate surface area is 145 Å². The average Bonchev–Trinajstić information content (AvgIpc) is 2.74. The molecule has 23 heavy (non-hydrogen) atoms. The first kappa shape index (κ1) is 17.7. The van der Waals surface area contributed by atoms with Gasteiger partial charge >= 0.3 is 5.97 Å². The minimum Gasteiger partial charge on any atom is -0.494 e. The molecular formula is C17H21NO3S2. The van der Waals surface area contributed by atoms with E-state index in [4.69, 9.17) is 17.3 Å². The van der Waals surface area contributed by atoms with Crippen LogP contribution in [0.4, 0.5) is 0 Å². The van der Waals surface area contributed by atoms with Crippen LogP contribution in [0.15, 0.2) is 0 Å². The van der Waals surface area contributed by atoms with Crippen LogP contribution < -0.4 is 0 Å². The molecule has 1 aromatic carbocycles. The van der Waals surface area contributed by atoms with Gasteiger partial charge in [0, 0.05) is 6.42 Å². The van der Waals surface area contributed by atoms with Gasteiger partial charge in [-0.3, -0.25) is 9.36 Å². The first-order valence-corrected chi connectivity index (χ1v) is 8.56. The number of carboxylic acid groups (broad SMARTS) is 1. The first-order chi connectivity index (χ1) is 10.6. The zero-order valence-corrected chi connectivity index (χ0v) is 15.6. The van der Waals surface area contributed by atoms with E-state index in [1.54, 1.807) is 0 Å². The smallest absolute Gasteiger partial charge is 0.323 e. The number of hydrogen-bond donors (Lipinski definition) is 2. The van der Waals surface area contributed by atoms with Crippen LogP contribution in [0, 0.1) is 38.6 Å². The number of aromatic nitrogens is 1. The molecule has 0 spiro atoms. The van der Waals surface area contributed by atoms with Crippen LogP contribution in [0.1, 0.15) is 38.3 Å². The first-order valence-electron chi connectivity index (χ1n) is 7.34. The Hall–Kier alpha value is -1.66. The van der Waals surface area contributed by atoms with Gasteiger partial charge in [0.15, 0.2) is 3.95 Å². The quantitative estimate of drug-likeness (QED) is 0.810. The number of aromatic hydroxyl groups is 1. The number of thiazole rings is 1. The Morgan fingerprint density at radius 1 is 1.04 bits per heavy atom. The van der Waals surface area contributed by atoms with Gasteiger partial charge in [-0.25, -0.2) is 0 Å². The van der Waals surface area contributed by atoms with Crippen molar-refractivity contribution in [3.63, 3.8) is 0 Å². The highest BCUT2D eigenvalue weighted by Gasteiger charge is 2.18. The van der Waals surface area contributed by atoms with E-state index in [2.05, 4.69) is 34.6 Å². The van der Waals surface area contributed by atoms with Crippen LogP contribution in [0.3, 0.4) is 0 Å². The van der Waals surface area contributed by atoms with Gasteiger partial charge in [-0.05, 0) is 80.2 Å². The van der Waals surface area contributed by atoms with Crippen LogP contribution in [-0.2, 0) is 17.8 Å². The number of hydrogen-bond acceptors (Lipinski definition) is 4. The van der Waals surface area contributed by atoms with Crippen LogP contribution in [-0.4, -0.2) is 20.7 Å². The molecule has 0 aliphatic rings. The fourth-order valence-electron chi connectivity index (χ4n) is 2.84. The molecule has 6 heteroatoms. The molecule has 1 heterocycles. The molecule has 124 valence electrons. The molecule has 0 aliphatic carbocycles. The molecule has 0 aliphatic heterocycles. The van der Waals surface area contributed by atoms with Crippen molar-refractivity contribution < 1.29 is 15.0 Å². The second-order valence-corrected chi connectivity index (χ2v) is 7.60. The maximum Gasteiger partial charge on any atom is 0.323 e. The molecule has 0 fully saturated rings. The fraction of sp³-hybridized carbons (Fsp3) is 0.412. The molecule has 2 aromatic rings. The maximum absolute atomic E-state index is 10.9. The normalized spacial score (nSPS) is 11.0. The predicted molar refractivity (Wildman–Crippen MR) is 95.4 cm³/mol. The van der Waals surface area contributed by atoms with Gasteiger partial charge < -0.3 is 10.2 Å². The van der Waals surface area contributed by atoms with E-state index in [-0.39, 0.29) is 12.4 Å². The molecule has 0 amide bonds. The lowest BCUT2D eigenvalue weighted by Crippen LogP contribution is -2.08. The highest BCUT2D eigenvalue weighted by molar-refractivity contribution is 7.73. The van der Waals surface area contributed by atoms with E-state index in [9.17, 15) is 9.90 Å². The predicted octanol–water partition coefficient (Wildman–Crippen LogP) is 4.20. The van der Waals surface area contributed by atoms with Crippen LogP contribution in [0.5, 0.6) is 5.88 Å². The summed E-state index contributed by atoms with van der Waals surface area (Å²) in [6.07, 6.45) is 0.562. The molecule has 4 nitrogen and oxygen atoms in total. The Morgan fingerprint density at radius 2 is 1.52 bits per heavy atom. The third-order valence-electron chi connectivity index (χ3n) is 4.72. The summed E-state index contributed by atoms with van der Waals surface area (Å²) in [5, 5.41) is 19.3. The van der Waals surface area contributed by atoms with Gasteiger partial charge in [0.25, 0.3) is 0 Å². The van der Waals surface area contributed by atoms with Crippen molar-refractivity contribution >= 4 is 29.5 Å². The largest absolute Gasteiger partial charge is 0.494 e. The Bertz CT molecular complexity index is 817. The lowest BCUT2D eigenvalue weighted by atomic mass is 9.88. The summed E-state index contributed by atoms with van der Waals surface area (Å²) in [5.74, 6) is -1.05. The van der Waals surface area contributed by atoms with E-state index >= 15 is 0 Å². The van der Waals surface area contributed by atoms with E-state index < -0.39 is 5.97 Å². The Balaban J connectivity index is 2.53. The minimum absolute atomic E-state index is 0.0305.